The minimum atomic E-state index is -0.372. The zero-order valence-corrected chi connectivity index (χ0v) is 8.70. The average molecular weight is 197 g/mol. The molecule has 0 spiro atoms. The maximum Gasteiger partial charge on any atom is 0.328 e. The summed E-state index contributed by atoms with van der Waals surface area (Å²) in [5, 5.41) is 0. The lowest BCUT2D eigenvalue weighted by Gasteiger charge is -2.08. The van der Waals surface area contributed by atoms with Gasteiger partial charge in [-0.05, 0) is 20.5 Å². The fourth-order valence-electron chi connectivity index (χ4n) is 1.14. The van der Waals surface area contributed by atoms with Gasteiger partial charge in [-0.2, -0.15) is 0 Å². The van der Waals surface area contributed by atoms with Crippen molar-refractivity contribution < 1.29 is 0 Å². The zero-order chi connectivity index (χ0) is 10.7. The Labute approximate surface area is 82.0 Å². The SMILES string of the molecule is CN(C)CCc1c[nH]c(=O)n(C)c1=O. The third kappa shape index (κ3) is 2.32. The van der Waals surface area contributed by atoms with Crippen molar-refractivity contribution in [3.63, 3.8) is 0 Å². The number of aromatic amines is 1. The van der Waals surface area contributed by atoms with Gasteiger partial charge in [0.25, 0.3) is 5.56 Å². The Hall–Kier alpha value is -1.36. The van der Waals surface area contributed by atoms with Crippen molar-refractivity contribution in [2.24, 2.45) is 7.05 Å². The second-order valence-corrected chi connectivity index (χ2v) is 3.54. The molecule has 0 saturated carbocycles. The van der Waals surface area contributed by atoms with E-state index >= 15 is 0 Å². The summed E-state index contributed by atoms with van der Waals surface area (Å²) in [6, 6.07) is 0. The Kier molecular flexibility index (Phi) is 3.24. The van der Waals surface area contributed by atoms with Crippen LogP contribution >= 0.6 is 0 Å². The van der Waals surface area contributed by atoms with E-state index < -0.39 is 0 Å². The smallest absolute Gasteiger partial charge is 0.314 e. The van der Waals surface area contributed by atoms with E-state index in [4.69, 9.17) is 0 Å². The van der Waals surface area contributed by atoms with Crippen LogP contribution < -0.4 is 11.2 Å². The van der Waals surface area contributed by atoms with E-state index in [9.17, 15) is 9.59 Å². The number of hydrogen-bond acceptors (Lipinski definition) is 3. The Morgan fingerprint density at radius 2 is 2.07 bits per heavy atom. The average Bonchev–Trinajstić information content (AvgIpc) is 2.13. The van der Waals surface area contributed by atoms with Gasteiger partial charge in [0.05, 0.1) is 0 Å². The van der Waals surface area contributed by atoms with Crippen molar-refractivity contribution >= 4 is 0 Å². The molecule has 0 aliphatic heterocycles. The Morgan fingerprint density at radius 1 is 1.43 bits per heavy atom. The highest BCUT2D eigenvalue weighted by atomic mass is 16.2. The molecule has 0 fully saturated rings. The van der Waals surface area contributed by atoms with Crippen LogP contribution in [0.1, 0.15) is 5.56 Å². The molecule has 0 amide bonds. The number of H-pyrrole nitrogens is 1. The molecule has 14 heavy (non-hydrogen) atoms. The van der Waals surface area contributed by atoms with Crippen molar-refractivity contribution in [1.29, 1.82) is 0 Å². The quantitative estimate of drug-likeness (QED) is 0.688. The van der Waals surface area contributed by atoms with Crippen LogP contribution in [0.4, 0.5) is 0 Å². The van der Waals surface area contributed by atoms with Crippen LogP contribution in [0.5, 0.6) is 0 Å². The van der Waals surface area contributed by atoms with Gasteiger partial charge in [0.1, 0.15) is 0 Å². The highest BCUT2D eigenvalue weighted by Crippen LogP contribution is 1.89. The molecule has 0 aliphatic rings. The first-order valence-electron chi connectivity index (χ1n) is 4.44. The third-order valence-corrected chi connectivity index (χ3v) is 2.08. The highest BCUT2D eigenvalue weighted by molar-refractivity contribution is 5.04. The van der Waals surface area contributed by atoms with E-state index in [-0.39, 0.29) is 11.2 Å². The minimum Gasteiger partial charge on any atom is -0.314 e. The van der Waals surface area contributed by atoms with Gasteiger partial charge in [0.15, 0.2) is 0 Å². The number of likely N-dealkylation sites (N-methyl/N-ethyl adjacent to an activating group) is 1. The second kappa shape index (κ2) is 4.23. The van der Waals surface area contributed by atoms with E-state index in [0.717, 1.165) is 11.1 Å². The van der Waals surface area contributed by atoms with Crippen LogP contribution in [-0.2, 0) is 13.5 Å². The van der Waals surface area contributed by atoms with E-state index in [1.165, 1.54) is 13.2 Å². The van der Waals surface area contributed by atoms with Gasteiger partial charge in [-0.15, -0.1) is 0 Å². The minimum absolute atomic E-state index is 0.212. The fourth-order valence-corrected chi connectivity index (χ4v) is 1.14. The number of rotatable bonds is 3. The summed E-state index contributed by atoms with van der Waals surface area (Å²) in [6.07, 6.45) is 2.14. The molecular weight excluding hydrogens is 182 g/mol. The van der Waals surface area contributed by atoms with E-state index in [0.29, 0.717) is 12.0 Å². The monoisotopic (exact) mass is 197 g/mol. The third-order valence-electron chi connectivity index (χ3n) is 2.08. The molecule has 0 atom stereocenters. The van der Waals surface area contributed by atoms with E-state index in [1.807, 2.05) is 19.0 Å². The van der Waals surface area contributed by atoms with E-state index in [1.54, 1.807) is 0 Å². The molecule has 78 valence electrons. The van der Waals surface area contributed by atoms with Crippen LogP contribution in [-0.4, -0.2) is 35.1 Å². The molecule has 0 bridgehead atoms. The molecule has 0 radical (unpaired) electrons. The number of aromatic nitrogens is 2. The summed E-state index contributed by atoms with van der Waals surface area (Å²) < 4.78 is 1.09. The molecule has 1 N–H and O–H groups in total. The molecule has 0 saturated heterocycles. The van der Waals surface area contributed by atoms with E-state index in [2.05, 4.69) is 4.98 Å². The maximum absolute atomic E-state index is 11.5. The molecule has 1 aromatic heterocycles. The Morgan fingerprint density at radius 3 is 2.64 bits per heavy atom. The Bertz CT molecular complexity index is 417. The summed E-state index contributed by atoms with van der Waals surface area (Å²) in [4.78, 5) is 27.1. The summed E-state index contributed by atoms with van der Waals surface area (Å²) in [6.45, 7) is 0.793. The molecule has 5 nitrogen and oxygen atoms in total. The molecule has 1 aromatic rings. The van der Waals surface area contributed by atoms with Crippen LogP contribution in [0.3, 0.4) is 0 Å². The lowest BCUT2D eigenvalue weighted by molar-refractivity contribution is 0.412. The Balaban J connectivity index is 2.95. The van der Waals surface area contributed by atoms with Crippen molar-refractivity contribution in [1.82, 2.24) is 14.5 Å². The molecule has 5 heteroatoms. The molecule has 0 aliphatic carbocycles. The van der Waals surface area contributed by atoms with Gasteiger partial charge in [-0.25, -0.2) is 4.79 Å². The number of hydrogen-bond donors (Lipinski definition) is 1. The summed E-state index contributed by atoms with van der Waals surface area (Å²) >= 11 is 0. The van der Waals surface area contributed by atoms with Crippen molar-refractivity contribution in [2.75, 3.05) is 20.6 Å². The van der Waals surface area contributed by atoms with Crippen molar-refractivity contribution in [3.8, 4) is 0 Å². The molecular formula is C9H15N3O2. The van der Waals surface area contributed by atoms with Crippen LogP contribution in [0, 0.1) is 0 Å². The van der Waals surface area contributed by atoms with Gasteiger partial charge in [0, 0.05) is 25.4 Å². The molecule has 1 rings (SSSR count). The largest absolute Gasteiger partial charge is 0.328 e. The lowest BCUT2D eigenvalue weighted by Crippen LogP contribution is -2.35. The lowest BCUT2D eigenvalue weighted by atomic mass is 10.2. The van der Waals surface area contributed by atoms with Crippen molar-refractivity contribution in [3.05, 3.63) is 32.6 Å². The number of nitrogens with zero attached hydrogens (tertiary/aromatic N) is 2. The molecule has 0 aromatic carbocycles. The summed E-state index contributed by atoms with van der Waals surface area (Å²) in [5.74, 6) is 0. The predicted molar refractivity (Wildman–Crippen MR) is 54.6 cm³/mol. The van der Waals surface area contributed by atoms with Crippen molar-refractivity contribution in [2.45, 2.75) is 6.42 Å². The standard InChI is InChI=1S/C9H15N3O2/c1-11(2)5-4-7-6-10-9(14)12(3)8(7)13/h6H,4-5H2,1-3H3,(H,10,14). The predicted octanol–water partition coefficient (Wildman–Crippen LogP) is -0.822. The zero-order valence-electron chi connectivity index (χ0n) is 8.70. The van der Waals surface area contributed by atoms with Gasteiger partial charge >= 0.3 is 5.69 Å². The molecule has 0 unspecified atom stereocenters. The van der Waals surface area contributed by atoms with Gasteiger partial charge in [0.2, 0.25) is 0 Å². The van der Waals surface area contributed by atoms with Gasteiger partial charge in [-0.1, -0.05) is 0 Å². The normalized spacial score (nSPS) is 10.9. The second-order valence-electron chi connectivity index (χ2n) is 3.54. The first-order valence-corrected chi connectivity index (χ1v) is 4.44. The highest BCUT2D eigenvalue weighted by Gasteiger charge is 2.03. The molecule has 1 heterocycles. The van der Waals surface area contributed by atoms with Gasteiger partial charge < -0.3 is 9.88 Å². The van der Waals surface area contributed by atoms with Crippen LogP contribution in [0.15, 0.2) is 15.8 Å². The van der Waals surface area contributed by atoms with Gasteiger partial charge in [-0.3, -0.25) is 9.36 Å². The first kappa shape index (κ1) is 10.7. The summed E-state index contributed by atoms with van der Waals surface area (Å²) in [5.41, 5.74) is 0.0556. The van der Waals surface area contributed by atoms with Crippen LogP contribution in [0.2, 0.25) is 0 Å². The topological polar surface area (TPSA) is 58.1 Å². The number of nitrogens with one attached hydrogen (secondary N) is 1. The fraction of sp³-hybridized carbons (Fsp3) is 0.556. The van der Waals surface area contributed by atoms with Crippen LogP contribution in [0.25, 0.3) is 0 Å². The maximum atomic E-state index is 11.5. The summed E-state index contributed by atoms with van der Waals surface area (Å²) in [7, 11) is 5.35. The first-order chi connectivity index (χ1) is 6.52.